The van der Waals surface area contributed by atoms with Gasteiger partial charge in [-0.05, 0) is 25.5 Å². The van der Waals surface area contributed by atoms with Gasteiger partial charge < -0.3 is 14.5 Å². The van der Waals surface area contributed by atoms with E-state index in [4.69, 9.17) is 14.4 Å². The van der Waals surface area contributed by atoms with Crippen LogP contribution >= 0.6 is 0 Å². The summed E-state index contributed by atoms with van der Waals surface area (Å²) in [5.41, 5.74) is -0.419. The zero-order chi connectivity index (χ0) is 15.7. The Morgan fingerprint density at radius 2 is 2.29 bits per heavy atom. The number of nitriles is 1. The number of amides is 1. The van der Waals surface area contributed by atoms with Crippen LogP contribution < -0.4 is 5.32 Å². The summed E-state index contributed by atoms with van der Waals surface area (Å²) < 4.78 is 10.7. The quantitative estimate of drug-likeness (QED) is 0.682. The minimum absolute atomic E-state index is 0.0247. The lowest BCUT2D eigenvalue weighted by Crippen LogP contribution is -2.68. The maximum atomic E-state index is 12.2. The molecule has 0 bridgehead atoms. The first-order chi connectivity index (χ1) is 9.84. The number of ether oxygens (including phenoxy) is 1. The van der Waals surface area contributed by atoms with Crippen LogP contribution in [0.2, 0.25) is 0 Å². The van der Waals surface area contributed by atoms with Gasteiger partial charge in [0.05, 0.1) is 11.9 Å². The zero-order valence-electron chi connectivity index (χ0n) is 12.8. The van der Waals surface area contributed by atoms with Crippen molar-refractivity contribution in [1.82, 2.24) is 5.32 Å². The van der Waals surface area contributed by atoms with E-state index in [0.717, 1.165) is 6.42 Å². The van der Waals surface area contributed by atoms with Gasteiger partial charge in [0.15, 0.2) is 0 Å². The highest BCUT2D eigenvalue weighted by Crippen LogP contribution is 2.51. The molecule has 2 atom stereocenters. The van der Waals surface area contributed by atoms with Crippen LogP contribution in [0.25, 0.3) is 6.08 Å². The molecule has 1 aromatic rings. The standard InChI is InChI=1S/C16H20N2O3/c1-15(2)13(9-16(15,3)20-4)18-14(19)11(10-17)8-12-6-5-7-21-12/h5-8,13H,9H2,1-4H3,(H,18,19)/b11-8+. The zero-order valence-corrected chi connectivity index (χ0v) is 12.8. The molecular weight excluding hydrogens is 268 g/mol. The van der Waals surface area contributed by atoms with Crippen LogP contribution in [-0.4, -0.2) is 24.7 Å². The Morgan fingerprint density at radius 1 is 1.57 bits per heavy atom. The van der Waals surface area contributed by atoms with Gasteiger partial charge in [0.2, 0.25) is 0 Å². The molecule has 1 aliphatic rings. The summed E-state index contributed by atoms with van der Waals surface area (Å²) in [6, 6.07) is 5.29. The molecule has 1 saturated carbocycles. The molecule has 1 aromatic heterocycles. The maximum absolute atomic E-state index is 12.2. The third kappa shape index (κ3) is 2.59. The number of carbonyl (C=O) groups is 1. The van der Waals surface area contributed by atoms with Gasteiger partial charge in [-0.25, -0.2) is 0 Å². The molecule has 21 heavy (non-hydrogen) atoms. The Kier molecular flexibility index (Phi) is 3.93. The Morgan fingerprint density at radius 3 is 2.76 bits per heavy atom. The first kappa shape index (κ1) is 15.3. The van der Waals surface area contributed by atoms with Crippen molar-refractivity contribution in [2.45, 2.75) is 38.8 Å². The number of hydrogen-bond donors (Lipinski definition) is 1. The Balaban J connectivity index is 2.07. The summed E-state index contributed by atoms with van der Waals surface area (Å²) in [7, 11) is 1.68. The molecule has 1 fully saturated rings. The molecule has 1 amide bonds. The monoisotopic (exact) mass is 288 g/mol. The van der Waals surface area contributed by atoms with Gasteiger partial charge >= 0.3 is 0 Å². The van der Waals surface area contributed by atoms with E-state index in [2.05, 4.69) is 5.32 Å². The second-order valence-electron chi connectivity index (χ2n) is 6.07. The van der Waals surface area contributed by atoms with Crippen molar-refractivity contribution < 1.29 is 13.9 Å². The summed E-state index contributed by atoms with van der Waals surface area (Å²) in [5, 5.41) is 12.0. The lowest BCUT2D eigenvalue weighted by atomic mass is 9.56. The average molecular weight is 288 g/mol. The van der Waals surface area contributed by atoms with Gasteiger partial charge in [-0.2, -0.15) is 5.26 Å². The van der Waals surface area contributed by atoms with Crippen molar-refractivity contribution in [3.05, 3.63) is 29.7 Å². The van der Waals surface area contributed by atoms with Gasteiger partial charge in [-0.3, -0.25) is 4.79 Å². The van der Waals surface area contributed by atoms with E-state index in [9.17, 15) is 4.79 Å². The lowest BCUT2D eigenvalue weighted by molar-refractivity contribution is -0.181. The average Bonchev–Trinajstić information content (AvgIpc) is 2.96. The van der Waals surface area contributed by atoms with Crippen LogP contribution in [0.15, 0.2) is 28.4 Å². The van der Waals surface area contributed by atoms with Crippen LogP contribution in [0.1, 0.15) is 33.0 Å². The SMILES string of the molecule is COC1(C)CC(NC(=O)/C(C#N)=C/c2ccco2)C1(C)C. The van der Waals surface area contributed by atoms with E-state index >= 15 is 0 Å². The van der Waals surface area contributed by atoms with Crippen molar-refractivity contribution >= 4 is 12.0 Å². The van der Waals surface area contributed by atoms with E-state index in [1.54, 1.807) is 19.2 Å². The molecule has 1 N–H and O–H groups in total. The number of furan rings is 1. The van der Waals surface area contributed by atoms with Gasteiger partial charge in [-0.15, -0.1) is 0 Å². The van der Waals surface area contributed by atoms with Crippen molar-refractivity contribution in [3.63, 3.8) is 0 Å². The Hall–Kier alpha value is -2.06. The molecule has 5 nitrogen and oxygen atoms in total. The molecule has 112 valence electrons. The Bertz CT molecular complexity index is 596. The van der Waals surface area contributed by atoms with E-state index in [-0.39, 0.29) is 28.5 Å². The molecular formula is C16H20N2O3. The molecule has 0 saturated heterocycles. The number of rotatable bonds is 4. The molecule has 0 aromatic carbocycles. The molecule has 5 heteroatoms. The molecule has 0 spiro atoms. The fourth-order valence-corrected chi connectivity index (χ4v) is 2.62. The topological polar surface area (TPSA) is 75.3 Å². The Labute approximate surface area is 124 Å². The van der Waals surface area contributed by atoms with Gasteiger partial charge in [0, 0.05) is 24.6 Å². The number of nitrogens with zero attached hydrogens (tertiary/aromatic N) is 1. The van der Waals surface area contributed by atoms with Gasteiger partial charge in [0.1, 0.15) is 17.4 Å². The number of hydrogen-bond acceptors (Lipinski definition) is 4. The predicted octanol–water partition coefficient (Wildman–Crippen LogP) is 2.51. The maximum Gasteiger partial charge on any atom is 0.262 e. The fourth-order valence-electron chi connectivity index (χ4n) is 2.62. The number of nitrogens with one attached hydrogen (secondary N) is 1. The third-order valence-electron chi connectivity index (χ3n) is 4.78. The van der Waals surface area contributed by atoms with Crippen molar-refractivity contribution in [3.8, 4) is 6.07 Å². The summed E-state index contributed by atoms with van der Waals surface area (Å²) in [6.45, 7) is 6.13. The highest BCUT2D eigenvalue weighted by Gasteiger charge is 2.58. The summed E-state index contributed by atoms with van der Waals surface area (Å²) in [6.07, 6.45) is 3.66. The molecule has 1 aliphatic carbocycles. The largest absolute Gasteiger partial charge is 0.465 e. The van der Waals surface area contributed by atoms with E-state index in [1.807, 2.05) is 26.8 Å². The minimum atomic E-state index is -0.384. The van der Waals surface area contributed by atoms with Crippen LogP contribution in [0.3, 0.4) is 0 Å². The van der Waals surface area contributed by atoms with E-state index < -0.39 is 0 Å². The number of carbonyl (C=O) groups excluding carboxylic acids is 1. The second kappa shape index (κ2) is 5.38. The van der Waals surface area contributed by atoms with Crippen LogP contribution in [0, 0.1) is 16.7 Å². The predicted molar refractivity (Wildman–Crippen MR) is 78.0 cm³/mol. The van der Waals surface area contributed by atoms with Crippen molar-refractivity contribution in [2.75, 3.05) is 7.11 Å². The van der Waals surface area contributed by atoms with E-state index in [0.29, 0.717) is 5.76 Å². The minimum Gasteiger partial charge on any atom is -0.465 e. The molecule has 0 radical (unpaired) electrons. The lowest BCUT2D eigenvalue weighted by Gasteiger charge is -2.59. The molecule has 1 heterocycles. The molecule has 0 aliphatic heterocycles. The third-order valence-corrected chi connectivity index (χ3v) is 4.78. The molecule has 2 rings (SSSR count). The first-order valence-electron chi connectivity index (χ1n) is 6.85. The smallest absolute Gasteiger partial charge is 0.262 e. The van der Waals surface area contributed by atoms with Crippen LogP contribution in [0.4, 0.5) is 0 Å². The van der Waals surface area contributed by atoms with Gasteiger partial charge in [0.25, 0.3) is 5.91 Å². The van der Waals surface area contributed by atoms with Crippen molar-refractivity contribution in [1.29, 1.82) is 5.26 Å². The highest BCUT2D eigenvalue weighted by molar-refractivity contribution is 6.01. The summed E-state index contributed by atoms with van der Waals surface area (Å²) >= 11 is 0. The second-order valence-corrected chi connectivity index (χ2v) is 6.07. The summed E-state index contributed by atoms with van der Waals surface area (Å²) in [4.78, 5) is 12.2. The number of methoxy groups -OCH3 is 1. The van der Waals surface area contributed by atoms with Crippen LogP contribution in [0.5, 0.6) is 0 Å². The normalized spacial score (nSPS) is 27.6. The van der Waals surface area contributed by atoms with E-state index in [1.165, 1.54) is 12.3 Å². The van der Waals surface area contributed by atoms with Gasteiger partial charge in [-0.1, -0.05) is 13.8 Å². The summed E-state index contributed by atoms with van der Waals surface area (Å²) in [5.74, 6) is 0.0985. The van der Waals surface area contributed by atoms with Crippen molar-refractivity contribution in [2.24, 2.45) is 5.41 Å². The fraction of sp³-hybridized carbons (Fsp3) is 0.500. The molecule has 2 unspecified atom stereocenters. The van der Waals surface area contributed by atoms with Crippen LogP contribution in [-0.2, 0) is 9.53 Å². The first-order valence-corrected chi connectivity index (χ1v) is 6.85. The highest BCUT2D eigenvalue weighted by atomic mass is 16.5.